The SMILES string of the molecule is Cc1ccccc1C(O)COc1cccc(C)c1F. The molecular weight excluding hydrogens is 243 g/mol. The minimum atomic E-state index is -0.763. The first-order chi connectivity index (χ1) is 9.09. The summed E-state index contributed by atoms with van der Waals surface area (Å²) in [7, 11) is 0. The zero-order valence-corrected chi connectivity index (χ0v) is 11.1. The van der Waals surface area contributed by atoms with Gasteiger partial charge in [0.2, 0.25) is 0 Å². The van der Waals surface area contributed by atoms with Gasteiger partial charge >= 0.3 is 0 Å². The van der Waals surface area contributed by atoms with Gasteiger partial charge in [-0.25, -0.2) is 4.39 Å². The highest BCUT2D eigenvalue weighted by molar-refractivity contribution is 5.31. The molecule has 2 nitrogen and oxygen atoms in total. The Morgan fingerprint density at radius 3 is 2.47 bits per heavy atom. The van der Waals surface area contributed by atoms with Crippen LogP contribution < -0.4 is 4.74 Å². The molecule has 0 aromatic heterocycles. The van der Waals surface area contributed by atoms with Crippen LogP contribution in [0.3, 0.4) is 0 Å². The van der Waals surface area contributed by atoms with Crippen LogP contribution in [0.25, 0.3) is 0 Å². The monoisotopic (exact) mass is 260 g/mol. The van der Waals surface area contributed by atoms with Crippen LogP contribution in [0.2, 0.25) is 0 Å². The lowest BCUT2D eigenvalue weighted by atomic mass is 10.0. The van der Waals surface area contributed by atoms with Gasteiger partial charge in [0.15, 0.2) is 11.6 Å². The van der Waals surface area contributed by atoms with Gasteiger partial charge in [-0.2, -0.15) is 0 Å². The molecule has 2 aromatic rings. The number of benzene rings is 2. The Labute approximate surface area is 112 Å². The van der Waals surface area contributed by atoms with Gasteiger partial charge in [-0.3, -0.25) is 0 Å². The quantitative estimate of drug-likeness (QED) is 0.910. The number of hydrogen-bond acceptors (Lipinski definition) is 2. The van der Waals surface area contributed by atoms with E-state index in [2.05, 4.69) is 0 Å². The Balaban J connectivity index is 2.07. The second-order valence-electron chi connectivity index (χ2n) is 4.57. The number of aliphatic hydroxyl groups is 1. The van der Waals surface area contributed by atoms with Crippen molar-refractivity contribution in [3.63, 3.8) is 0 Å². The average Bonchev–Trinajstić information content (AvgIpc) is 2.40. The molecule has 19 heavy (non-hydrogen) atoms. The summed E-state index contributed by atoms with van der Waals surface area (Å²) < 4.78 is 19.1. The third-order valence-electron chi connectivity index (χ3n) is 3.10. The fourth-order valence-electron chi connectivity index (χ4n) is 1.95. The maximum Gasteiger partial charge on any atom is 0.167 e. The molecule has 0 aliphatic heterocycles. The van der Waals surface area contributed by atoms with E-state index in [9.17, 15) is 9.50 Å². The highest BCUT2D eigenvalue weighted by Gasteiger charge is 2.12. The number of ether oxygens (including phenoxy) is 1. The lowest BCUT2D eigenvalue weighted by molar-refractivity contribution is 0.105. The predicted molar refractivity (Wildman–Crippen MR) is 72.8 cm³/mol. The van der Waals surface area contributed by atoms with Gasteiger partial charge in [-0.05, 0) is 36.6 Å². The summed E-state index contributed by atoms with van der Waals surface area (Å²) in [6.07, 6.45) is -0.763. The van der Waals surface area contributed by atoms with Crippen LogP contribution in [0.4, 0.5) is 4.39 Å². The van der Waals surface area contributed by atoms with Crippen LogP contribution in [-0.4, -0.2) is 11.7 Å². The summed E-state index contributed by atoms with van der Waals surface area (Å²) in [4.78, 5) is 0. The van der Waals surface area contributed by atoms with E-state index < -0.39 is 6.10 Å². The highest BCUT2D eigenvalue weighted by atomic mass is 19.1. The molecule has 2 rings (SSSR count). The molecule has 0 fully saturated rings. The van der Waals surface area contributed by atoms with Gasteiger partial charge < -0.3 is 9.84 Å². The third kappa shape index (κ3) is 3.12. The van der Waals surface area contributed by atoms with E-state index >= 15 is 0 Å². The van der Waals surface area contributed by atoms with Crippen molar-refractivity contribution in [3.8, 4) is 5.75 Å². The summed E-state index contributed by atoms with van der Waals surface area (Å²) in [5, 5.41) is 10.1. The molecule has 0 saturated heterocycles. The molecule has 1 N–H and O–H groups in total. The maximum atomic E-state index is 13.7. The summed E-state index contributed by atoms with van der Waals surface area (Å²) in [6, 6.07) is 12.5. The molecule has 1 atom stereocenters. The molecular formula is C16H17FO2. The smallest absolute Gasteiger partial charge is 0.167 e. The fourth-order valence-corrected chi connectivity index (χ4v) is 1.95. The van der Waals surface area contributed by atoms with Gasteiger partial charge in [-0.1, -0.05) is 36.4 Å². The Hall–Kier alpha value is -1.87. The summed E-state index contributed by atoms with van der Waals surface area (Å²) in [5.41, 5.74) is 2.32. The van der Waals surface area contributed by atoms with Crippen molar-refractivity contribution < 1.29 is 14.2 Å². The van der Waals surface area contributed by atoms with Gasteiger partial charge in [-0.15, -0.1) is 0 Å². The van der Waals surface area contributed by atoms with Gasteiger partial charge in [0, 0.05) is 0 Å². The molecule has 0 aliphatic rings. The molecule has 0 spiro atoms. The Kier molecular flexibility index (Phi) is 4.17. The largest absolute Gasteiger partial charge is 0.487 e. The van der Waals surface area contributed by atoms with Crippen LogP contribution in [0.15, 0.2) is 42.5 Å². The first-order valence-electron chi connectivity index (χ1n) is 6.21. The predicted octanol–water partition coefficient (Wildman–Crippen LogP) is 3.55. The second-order valence-corrected chi connectivity index (χ2v) is 4.57. The molecule has 0 amide bonds. The Bertz CT molecular complexity index is 566. The average molecular weight is 260 g/mol. The van der Waals surface area contributed by atoms with Crippen LogP contribution in [-0.2, 0) is 0 Å². The molecule has 0 bridgehead atoms. The van der Waals surface area contributed by atoms with Crippen molar-refractivity contribution >= 4 is 0 Å². The molecule has 0 radical (unpaired) electrons. The third-order valence-corrected chi connectivity index (χ3v) is 3.10. The number of hydrogen-bond donors (Lipinski definition) is 1. The van der Waals surface area contributed by atoms with Crippen molar-refractivity contribution in [2.45, 2.75) is 20.0 Å². The zero-order valence-electron chi connectivity index (χ0n) is 11.1. The van der Waals surface area contributed by atoms with Crippen LogP contribution in [0.1, 0.15) is 22.8 Å². The number of rotatable bonds is 4. The summed E-state index contributed by atoms with van der Waals surface area (Å²) >= 11 is 0. The molecule has 3 heteroatoms. The molecule has 2 aromatic carbocycles. The summed E-state index contributed by atoms with van der Waals surface area (Å²) in [5.74, 6) is -0.202. The highest BCUT2D eigenvalue weighted by Crippen LogP contribution is 2.22. The van der Waals surface area contributed by atoms with Crippen LogP contribution >= 0.6 is 0 Å². The topological polar surface area (TPSA) is 29.5 Å². The second kappa shape index (κ2) is 5.85. The standard InChI is InChI=1S/C16H17FO2/c1-11-6-3-4-8-13(11)14(18)10-19-15-9-5-7-12(2)16(15)17/h3-9,14,18H,10H2,1-2H3. The van der Waals surface area contributed by atoms with Crippen LogP contribution in [0.5, 0.6) is 5.75 Å². The minimum Gasteiger partial charge on any atom is -0.487 e. The fraction of sp³-hybridized carbons (Fsp3) is 0.250. The zero-order chi connectivity index (χ0) is 13.8. The molecule has 0 saturated carbocycles. The first kappa shape index (κ1) is 13.6. The normalized spacial score (nSPS) is 12.2. The number of aliphatic hydroxyl groups excluding tert-OH is 1. The van der Waals surface area contributed by atoms with Gasteiger partial charge in [0.1, 0.15) is 12.7 Å². The Morgan fingerprint density at radius 2 is 1.74 bits per heavy atom. The molecule has 0 heterocycles. The lowest BCUT2D eigenvalue weighted by Gasteiger charge is -2.15. The van der Waals surface area contributed by atoms with Crippen molar-refractivity contribution in [2.75, 3.05) is 6.61 Å². The first-order valence-corrected chi connectivity index (χ1v) is 6.21. The molecule has 1 unspecified atom stereocenters. The number of halogens is 1. The van der Waals surface area contributed by atoms with Crippen molar-refractivity contribution in [3.05, 3.63) is 65.0 Å². The van der Waals surface area contributed by atoms with Gasteiger partial charge in [0.25, 0.3) is 0 Å². The van der Waals surface area contributed by atoms with Gasteiger partial charge in [0.05, 0.1) is 0 Å². The van der Waals surface area contributed by atoms with Crippen molar-refractivity contribution in [1.82, 2.24) is 0 Å². The van der Waals surface area contributed by atoms with E-state index in [-0.39, 0.29) is 18.2 Å². The van der Waals surface area contributed by atoms with E-state index in [0.717, 1.165) is 11.1 Å². The van der Waals surface area contributed by atoms with Crippen LogP contribution in [0, 0.1) is 19.7 Å². The van der Waals surface area contributed by atoms with E-state index in [4.69, 9.17) is 4.74 Å². The minimum absolute atomic E-state index is 0.0330. The molecule has 0 aliphatic carbocycles. The van der Waals surface area contributed by atoms with Crippen molar-refractivity contribution in [2.24, 2.45) is 0 Å². The number of aryl methyl sites for hydroxylation is 2. The lowest BCUT2D eigenvalue weighted by Crippen LogP contribution is -2.11. The Morgan fingerprint density at radius 1 is 1.05 bits per heavy atom. The van der Waals surface area contributed by atoms with E-state index in [0.29, 0.717) is 5.56 Å². The maximum absolute atomic E-state index is 13.7. The van der Waals surface area contributed by atoms with E-state index in [1.165, 1.54) is 0 Å². The molecule has 100 valence electrons. The van der Waals surface area contributed by atoms with E-state index in [1.807, 2.05) is 31.2 Å². The van der Waals surface area contributed by atoms with E-state index in [1.54, 1.807) is 25.1 Å². The summed E-state index contributed by atoms with van der Waals surface area (Å²) in [6.45, 7) is 3.64. The van der Waals surface area contributed by atoms with Crippen molar-refractivity contribution in [1.29, 1.82) is 0 Å².